The van der Waals surface area contributed by atoms with Gasteiger partial charge in [0.15, 0.2) is 0 Å². The summed E-state index contributed by atoms with van der Waals surface area (Å²) in [6, 6.07) is 10.6. The van der Waals surface area contributed by atoms with E-state index in [1.165, 1.54) is 12.1 Å². The van der Waals surface area contributed by atoms with E-state index in [0.717, 1.165) is 10.0 Å². The Balaban J connectivity index is 2.18. The van der Waals surface area contributed by atoms with Crippen LogP contribution in [0.15, 0.2) is 40.9 Å². The quantitative estimate of drug-likeness (QED) is 0.741. The molecule has 6 heteroatoms. The van der Waals surface area contributed by atoms with Crippen molar-refractivity contribution in [2.75, 3.05) is 5.73 Å². The van der Waals surface area contributed by atoms with Gasteiger partial charge in [0, 0.05) is 10.0 Å². The Hall–Kier alpha value is -1.23. The lowest BCUT2D eigenvalue weighted by Gasteiger charge is -2.15. The molecule has 0 fully saturated rings. The molecule has 1 amide bonds. The number of carbonyl (C=O) groups is 1. The van der Waals surface area contributed by atoms with Crippen molar-refractivity contribution in [1.82, 2.24) is 5.32 Å². The van der Waals surface area contributed by atoms with Gasteiger partial charge < -0.3 is 11.1 Å². The van der Waals surface area contributed by atoms with Crippen LogP contribution in [0.1, 0.15) is 28.9 Å². The maximum absolute atomic E-state index is 12.2. The van der Waals surface area contributed by atoms with E-state index in [2.05, 4.69) is 21.2 Å². The summed E-state index contributed by atoms with van der Waals surface area (Å²) in [5.74, 6) is -0.258. The van der Waals surface area contributed by atoms with Gasteiger partial charge in [0.25, 0.3) is 5.91 Å². The maximum Gasteiger partial charge on any atom is 0.251 e. The largest absolute Gasteiger partial charge is 0.396 e. The number of nitrogen functional groups attached to an aromatic ring is 1. The number of halogens is 3. The highest BCUT2D eigenvalue weighted by Crippen LogP contribution is 2.29. The molecule has 1 atom stereocenters. The summed E-state index contributed by atoms with van der Waals surface area (Å²) in [4.78, 5) is 12.2. The van der Waals surface area contributed by atoms with Gasteiger partial charge >= 0.3 is 0 Å². The summed E-state index contributed by atoms with van der Waals surface area (Å²) >= 11 is 15.3. The third kappa shape index (κ3) is 3.90. The van der Waals surface area contributed by atoms with Gasteiger partial charge in [-0.2, -0.15) is 0 Å². The van der Waals surface area contributed by atoms with Gasteiger partial charge in [-0.25, -0.2) is 0 Å². The molecule has 0 radical (unpaired) electrons. The summed E-state index contributed by atoms with van der Waals surface area (Å²) in [5.41, 5.74) is 7.30. The van der Waals surface area contributed by atoms with Gasteiger partial charge in [0.2, 0.25) is 0 Å². The molecular weight excluding hydrogens is 375 g/mol. The topological polar surface area (TPSA) is 55.1 Å². The lowest BCUT2D eigenvalue weighted by molar-refractivity contribution is 0.0940. The number of benzene rings is 2. The second-order valence-electron chi connectivity index (χ2n) is 4.60. The molecule has 0 heterocycles. The van der Waals surface area contributed by atoms with Crippen molar-refractivity contribution in [3.05, 3.63) is 62.0 Å². The monoisotopic (exact) mass is 386 g/mol. The summed E-state index contributed by atoms with van der Waals surface area (Å²) in [5, 5.41) is 3.43. The Bertz CT molecular complexity index is 668. The fourth-order valence-electron chi connectivity index (χ4n) is 1.85. The minimum absolute atomic E-state index is 0.148. The maximum atomic E-state index is 12.2. The van der Waals surface area contributed by atoms with E-state index in [1.54, 1.807) is 0 Å². The van der Waals surface area contributed by atoms with E-state index in [9.17, 15) is 4.79 Å². The van der Waals surface area contributed by atoms with Crippen LogP contribution in [0.4, 0.5) is 5.69 Å². The van der Waals surface area contributed by atoms with Crippen LogP contribution in [0, 0.1) is 0 Å². The fourth-order valence-corrected chi connectivity index (χ4v) is 2.76. The first-order valence-corrected chi connectivity index (χ1v) is 7.74. The molecule has 3 nitrogen and oxygen atoms in total. The number of hydrogen-bond acceptors (Lipinski definition) is 2. The molecule has 2 aromatic rings. The highest BCUT2D eigenvalue weighted by atomic mass is 79.9. The van der Waals surface area contributed by atoms with Crippen molar-refractivity contribution < 1.29 is 4.79 Å². The van der Waals surface area contributed by atoms with Crippen LogP contribution in [0.3, 0.4) is 0 Å². The molecule has 0 aliphatic carbocycles. The number of rotatable bonds is 3. The molecule has 0 unspecified atom stereocenters. The molecule has 110 valence electrons. The number of anilines is 1. The highest BCUT2D eigenvalue weighted by molar-refractivity contribution is 9.10. The van der Waals surface area contributed by atoms with Gasteiger partial charge in [-0.1, -0.05) is 51.3 Å². The first kappa shape index (κ1) is 16.1. The number of nitrogens with one attached hydrogen (secondary N) is 1. The minimum atomic E-state index is -0.258. The van der Waals surface area contributed by atoms with Crippen molar-refractivity contribution in [2.45, 2.75) is 13.0 Å². The summed E-state index contributed by atoms with van der Waals surface area (Å²) in [7, 11) is 0. The molecule has 0 saturated carbocycles. The summed E-state index contributed by atoms with van der Waals surface area (Å²) in [6.07, 6.45) is 0. The molecule has 0 aromatic heterocycles. The molecule has 0 aliphatic rings. The molecule has 0 aliphatic heterocycles. The molecular formula is C15H13BrCl2N2O. The Labute approximate surface area is 141 Å². The first-order valence-electron chi connectivity index (χ1n) is 6.19. The Morgan fingerprint density at radius 1 is 1.24 bits per heavy atom. The highest BCUT2D eigenvalue weighted by Gasteiger charge is 2.14. The predicted molar refractivity (Wildman–Crippen MR) is 90.9 cm³/mol. The number of nitrogens with two attached hydrogens (primary N) is 1. The van der Waals surface area contributed by atoms with Gasteiger partial charge in [-0.3, -0.25) is 4.79 Å². The molecule has 2 rings (SSSR count). The van der Waals surface area contributed by atoms with Gasteiger partial charge in [-0.15, -0.1) is 0 Å². The zero-order valence-corrected chi connectivity index (χ0v) is 14.3. The first-order chi connectivity index (χ1) is 9.88. The normalized spacial score (nSPS) is 12.0. The summed E-state index contributed by atoms with van der Waals surface area (Å²) < 4.78 is 0.958. The average Bonchev–Trinajstić information content (AvgIpc) is 2.44. The molecule has 0 spiro atoms. The van der Waals surface area contributed by atoms with Crippen LogP contribution in [0.25, 0.3) is 0 Å². The smallest absolute Gasteiger partial charge is 0.251 e. The van der Waals surface area contributed by atoms with Crippen LogP contribution in [-0.2, 0) is 0 Å². The third-order valence-corrected chi connectivity index (χ3v) is 4.16. The van der Waals surface area contributed by atoms with E-state index >= 15 is 0 Å². The van der Waals surface area contributed by atoms with Crippen LogP contribution in [-0.4, -0.2) is 5.91 Å². The van der Waals surface area contributed by atoms with Crippen molar-refractivity contribution in [1.29, 1.82) is 0 Å². The molecule has 0 saturated heterocycles. The Morgan fingerprint density at radius 2 is 1.86 bits per heavy atom. The molecule has 2 aromatic carbocycles. The molecule has 21 heavy (non-hydrogen) atoms. The van der Waals surface area contributed by atoms with Gasteiger partial charge in [0.05, 0.1) is 21.8 Å². The van der Waals surface area contributed by atoms with Crippen LogP contribution in [0.2, 0.25) is 10.0 Å². The zero-order chi connectivity index (χ0) is 15.6. The number of hydrogen-bond donors (Lipinski definition) is 2. The summed E-state index contributed by atoms with van der Waals surface area (Å²) in [6.45, 7) is 1.90. The second-order valence-corrected chi connectivity index (χ2v) is 6.33. The van der Waals surface area contributed by atoms with Gasteiger partial charge in [0.1, 0.15) is 0 Å². The van der Waals surface area contributed by atoms with Crippen LogP contribution < -0.4 is 11.1 Å². The number of carbonyl (C=O) groups excluding carboxylic acids is 1. The van der Waals surface area contributed by atoms with Crippen LogP contribution >= 0.6 is 39.1 Å². The van der Waals surface area contributed by atoms with E-state index in [1.807, 2.05) is 31.2 Å². The Morgan fingerprint density at radius 3 is 2.43 bits per heavy atom. The van der Waals surface area contributed by atoms with E-state index in [0.29, 0.717) is 5.56 Å². The van der Waals surface area contributed by atoms with E-state index in [4.69, 9.17) is 28.9 Å². The van der Waals surface area contributed by atoms with Crippen molar-refractivity contribution in [3.8, 4) is 0 Å². The van der Waals surface area contributed by atoms with Crippen molar-refractivity contribution in [3.63, 3.8) is 0 Å². The van der Waals surface area contributed by atoms with Crippen LogP contribution in [0.5, 0.6) is 0 Å². The number of amides is 1. The van der Waals surface area contributed by atoms with E-state index < -0.39 is 0 Å². The van der Waals surface area contributed by atoms with Crippen molar-refractivity contribution >= 4 is 50.7 Å². The van der Waals surface area contributed by atoms with E-state index in [-0.39, 0.29) is 27.7 Å². The fraction of sp³-hybridized carbons (Fsp3) is 0.133. The van der Waals surface area contributed by atoms with Crippen molar-refractivity contribution in [2.24, 2.45) is 0 Å². The lowest BCUT2D eigenvalue weighted by atomic mass is 10.1. The molecule has 0 bridgehead atoms. The SMILES string of the molecule is C[C@H](NC(=O)c1cc(Cl)c(N)c(Cl)c1)c1cccc(Br)c1. The third-order valence-electron chi connectivity index (χ3n) is 3.04. The average molecular weight is 388 g/mol. The zero-order valence-electron chi connectivity index (χ0n) is 11.2. The van der Waals surface area contributed by atoms with Gasteiger partial charge in [-0.05, 0) is 36.8 Å². The minimum Gasteiger partial charge on any atom is -0.396 e. The standard InChI is InChI=1S/C15H13BrCl2N2O/c1-8(9-3-2-4-11(16)5-9)20-15(21)10-6-12(17)14(19)13(18)7-10/h2-8H,19H2,1H3,(H,20,21)/t8-/m0/s1. The predicted octanol–water partition coefficient (Wildman–Crippen LogP) is 4.83. The second kappa shape index (κ2) is 6.69. The Kier molecular flexibility index (Phi) is 5.14. The molecule has 3 N–H and O–H groups in total. The lowest BCUT2D eigenvalue weighted by Crippen LogP contribution is -2.26.